The Kier molecular flexibility index (Phi) is 5.40. The van der Waals surface area contributed by atoms with E-state index in [-0.39, 0.29) is 5.91 Å². The molecule has 0 radical (unpaired) electrons. The lowest BCUT2D eigenvalue weighted by molar-refractivity contribution is 0.102. The minimum Gasteiger partial charge on any atom is -0.361 e. The van der Waals surface area contributed by atoms with Crippen molar-refractivity contribution in [2.45, 2.75) is 24.6 Å². The molecule has 0 bridgehead atoms. The monoisotopic (exact) mass is 373 g/mol. The number of benzene rings is 1. The van der Waals surface area contributed by atoms with Crippen LogP contribution < -0.4 is 5.32 Å². The molecule has 3 rings (SSSR count). The number of anilines is 1. The van der Waals surface area contributed by atoms with E-state index < -0.39 is 0 Å². The number of carbonyl (C=O) groups excluding carboxylic acids is 1. The van der Waals surface area contributed by atoms with E-state index in [1.54, 1.807) is 24.4 Å². The number of nitrogens with one attached hydrogen (secondary N) is 1. The Hall–Kier alpha value is -2.31. The fourth-order valence-corrected chi connectivity index (χ4v) is 3.37. The van der Waals surface area contributed by atoms with Crippen LogP contribution in [0.3, 0.4) is 0 Å². The highest BCUT2D eigenvalue weighted by Gasteiger charge is 2.15. The largest absolute Gasteiger partial charge is 0.361 e. The lowest BCUT2D eigenvalue weighted by atomic mass is 10.2. The fraction of sp³-hybridized carbons (Fsp3) is 0.167. The molecule has 7 heteroatoms. The van der Waals surface area contributed by atoms with Crippen molar-refractivity contribution in [2.24, 2.45) is 0 Å². The van der Waals surface area contributed by atoms with Crippen molar-refractivity contribution in [3.05, 3.63) is 70.2 Å². The average molecular weight is 374 g/mol. The van der Waals surface area contributed by atoms with Gasteiger partial charge in [-0.15, -0.1) is 0 Å². The van der Waals surface area contributed by atoms with Gasteiger partial charge < -0.3 is 9.84 Å². The Bertz CT molecular complexity index is 911. The van der Waals surface area contributed by atoms with Gasteiger partial charge in [0.15, 0.2) is 0 Å². The van der Waals surface area contributed by atoms with E-state index in [1.807, 2.05) is 32.0 Å². The molecule has 5 nitrogen and oxygen atoms in total. The number of amides is 1. The van der Waals surface area contributed by atoms with Crippen molar-refractivity contribution in [3.63, 3.8) is 0 Å². The number of nitrogens with zero attached hydrogens (tertiary/aromatic N) is 2. The van der Waals surface area contributed by atoms with Gasteiger partial charge in [0.05, 0.1) is 22.0 Å². The number of hydrogen-bond donors (Lipinski definition) is 1. The minimum atomic E-state index is -0.252. The van der Waals surface area contributed by atoms with Gasteiger partial charge in [0, 0.05) is 18.0 Å². The highest BCUT2D eigenvalue weighted by Crippen LogP contribution is 2.27. The predicted molar refractivity (Wildman–Crippen MR) is 99.2 cm³/mol. The van der Waals surface area contributed by atoms with Crippen molar-refractivity contribution >= 4 is 35.0 Å². The van der Waals surface area contributed by atoms with Crippen LogP contribution in [0.5, 0.6) is 0 Å². The van der Waals surface area contributed by atoms with E-state index in [4.69, 9.17) is 16.1 Å². The van der Waals surface area contributed by atoms with Gasteiger partial charge in [-0.1, -0.05) is 34.6 Å². The quantitative estimate of drug-likeness (QED) is 0.645. The number of carbonyl (C=O) groups is 1. The summed E-state index contributed by atoms with van der Waals surface area (Å²) in [6.07, 6.45) is 1.66. The molecule has 0 unspecified atom stereocenters. The number of aromatic nitrogens is 2. The molecule has 2 aromatic heterocycles. The van der Waals surface area contributed by atoms with Crippen molar-refractivity contribution in [1.29, 1.82) is 0 Å². The van der Waals surface area contributed by atoms with Gasteiger partial charge in [-0.3, -0.25) is 4.79 Å². The summed E-state index contributed by atoms with van der Waals surface area (Å²) in [6.45, 7) is 3.78. The van der Waals surface area contributed by atoms with Gasteiger partial charge in [-0.05, 0) is 43.7 Å². The third-order valence-corrected chi connectivity index (χ3v) is 4.77. The van der Waals surface area contributed by atoms with Gasteiger partial charge in [0.25, 0.3) is 5.91 Å². The lowest BCUT2D eigenvalue weighted by Gasteiger charge is -2.10. The van der Waals surface area contributed by atoms with Crippen LogP contribution in [0.15, 0.2) is 52.1 Å². The van der Waals surface area contributed by atoms with Crippen LogP contribution in [0.25, 0.3) is 0 Å². The Morgan fingerprint density at radius 3 is 2.84 bits per heavy atom. The maximum atomic E-state index is 12.6. The second kappa shape index (κ2) is 7.72. The summed E-state index contributed by atoms with van der Waals surface area (Å²) in [5, 5.41) is 7.92. The zero-order valence-corrected chi connectivity index (χ0v) is 15.3. The standard InChI is InChI=1S/C18H16ClN3O2S/c1-11-5-6-16(15(19)8-11)21-17(23)14-4-3-7-20-18(14)25-10-13-9-12(2)24-22-13/h3-9H,10H2,1-2H3,(H,21,23). The molecule has 1 aromatic carbocycles. The van der Waals surface area contributed by atoms with Crippen molar-refractivity contribution in [3.8, 4) is 0 Å². The Balaban J connectivity index is 1.76. The van der Waals surface area contributed by atoms with Crippen LogP contribution in [-0.4, -0.2) is 16.0 Å². The maximum absolute atomic E-state index is 12.6. The van der Waals surface area contributed by atoms with E-state index in [2.05, 4.69) is 15.5 Å². The highest BCUT2D eigenvalue weighted by atomic mass is 35.5. The van der Waals surface area contributed by atoms with Crippen LogP contribution in [0.4, 0.5) is 5.69 Å². The van der Waals surface area contributed by atoms with Crippen LogP contribution in [0, 0.1) is 13.8 Å². The SMILES string of the molecule is Cc1ccc(NC(=O)c2cccnc2SCc2cc(C)on2)c(Cl)c1. The fourth-order valence-electron chi connectivity index (χ4n) is 2.22. The molecule has 1 amide bonds. The van der Waals surface area contributed by atoms with E-state index in [9.17, 15) is 4.79 Å². The van der Waals surface area contributed by atoms with Crippen molar-refractivity contribution in [1.82, 2.24) is 10.1 Å². The minimum absolute atomic E-state index is 0.252. The topological polar surface area (TPSA) is 68.0 Å². The lowest BCUT2D eigenvalue weighted by Crippen LogP contribution is -2.14. The first-order valence-electron chi connectivity index (χ1n) is 7.60. The first-order valence-corrected chi connectivity index (χ1v) is 8.97. The number of rotatable bonds is 5. The van der Waals surface area contributed by atoms with Gasteiger partial charge in [0.2, 0.25) is 0 Å². The molecule has 0 aliphatic heterocycles. The summed E-state index contributed by atoms with van der Waals surface area (Å²) < 4.78 is 5.05. The molecule has 0 aliphatic carbocycles. The van der Waals surface area contributed by atoms with E-state index >= 15 is 0 Å². The van der Waals surface area contributed by atoms with Gasteiger partial charge in [-0.2, -0.15) is 0 Å². The number of pyridine rings is 1. The van der Waals surface area contributed by atoms with Gasteiger partial charge in [-0.25, -0.2) is 4.98 Å². The smallest absolute Gasteiger partial charge is 0.258 e. The molecule has 0 spiro atoms. The molecule has 0 saturated carbocycles. The second-order valence-corrected chi connectivity index (χ2v) is 6.88. The second-order valence-electron chi connectivity index (χ2n) is 5.51. The summed E-state index contributed by atoms with van der Waals surface area (Å²) in [5.74, 6) is 1.07. The molecule has 128 valence electrons. The van der Waals surface area contributed by atoms with E-state index in [0.29, 0.717) is 27.1 Å². The Labute approximate surface area is 154 Å². The molecular formula is C18H16ClN3O2S. The van der Waals surface area contributed by atoms with Crippen molar-refractivity contribution in [2.75, 3.05) is 5.32 Å². The Morgan fingerprint density at radius 1 is 1.28 bits per heavy atom. The Morgan fingerprint density at radius 2 is 2.12 bits per heavy atom. The van der Waals surface area contributed by atoms with Gasteiger partial charge >= 0.3 is 0 Å². The van der Waals surface area contributed by atoms with Crippen LogP contribution in [0.2, 0.25) is 5.02 Å². The molecule has 0 aliphatic rings. The number of thioether (sulfide) groups is 1. The molecule has 0 fully saturated rings. The zero-order chi connectivity index (χ0) is 17.8. The molecule has 3 aromatic rings. The summed E-state index contributed by atoms with van der Waals surface area (Å²) in [4.78, 5) is 16.9. The third kappa shape index (κ3) is 4.41. The first kappa shape index (κ1) is 17.5. The number of halogens is 1. The normalized spacial score (nSPS) is 10.7. The van der Waals surface area contributed by atoms with Crippen LogP contribution >= 0.6 is 23.4 Å². The molecule has 0 atom stereocenters. The van der Waals surface area contributed by atoms with Crippen molar-refractivity contribution < 1.29 is 9.32 Å². The van der Waals surface area contributed by atoms with Crippen LogP contribution in [-0.2, 0) is 5.75 Å². The molecule has 25 heavy (non-hydrogen) atoms. The molecular weight excluding hydrogens is 358 g/mol. The van der Waals surface area contributed by atoms with E-state index in [1.165, 1.54) is 11.8 Å². The summed E-state index contributed by atoms with van der Waals surface area (Å²) in [6, 6.07) is 10.8. The average Bonchev–Trinajstić information content (AvgIpc) is 3.01. The van der Waals surface area contributed by atoms with Crippen LogP contribution in [0.1, 0.15) is 27.4 Å². The summed E-state index contributed by atoms with van der Waals surface area (Å²) >= 11 is 7.62. The third-order valence-electron chi connectivity index (χ3n) is 3.42. The number of hydrogen-bond acceptors (Lipinski definition) is 5. The summed E-state index contributed by atoms with van der Waals surface area (Å²) in [5.41, 5.74) is 2.90. The molecule has 2 heterocycles. The summed E-state index contributed by atoms with van der Waals surface area (Å²) in [7, 11) is 0. The maximum Gasteiger partial charge on any atom is 0.258 e. The van der Waals surface area contributed by atoms with Gasteiger partial charge in [0.1, 0.15) is 10.8 Å². The molecule has 0 saturated heterocycles. The molecule has 1 N–H and O–H groups in total. The predicted octanol–water partition coefficient (Wildman–Crippen LogP) is 4.88. The highest BCUT2D eigenvalue weighted by molar-refractivity contribution is 7.98. The number of aryl methyl sites for hydroxylation is 2. The zero-order valence-electron chi connectivity index (χ0n) is 13.7. The van der Waals surface area contributed by atoms with E-state index in [0.717, 1.165) is 17.0 Å². The first-order chi connectivity index (χ1) is 12.0.